The van der Waals surface area contributed by atoms with Crippen LogP contribution in [0.15, 0.2) is 36.4 Å². The Morgan fingerprint density at radius 3 is 2.70 bits per heavy atom. The number of hydrogen-bond donors (Lipinski definition) is 2. The fourth-order valence-corrected chi connectivity index (χ4v) is 2.63. The van der Waals surface area contributed by atoms with Crippen LogP contribution in [0.2, 0.25) is 0 Å². The monoisotopic (exact) mass is 374 g/mol. The molecule has 3 rings (SSSR count). The van der Waals surface area contributed by atoms with Crippen LogP contribution in [-0.4, -0.2) is 32.3 Å². The van der Waals surface area contributed by atoms with Crippen molar-refractivity contribution in [3.05, 3.63) is 53.3 Å². The van der Waals surface area contributed by atoms with Gasteiger partial charge in [0.2, 0.25) is 12.7 Å². The number of carbonyl (C=O) groups is 2. The Bertz CT molecular complexity index is 871. The van der Waals surface area contributed by atoms with Gasteiger partial charge in [-0.1, -0.05) is 6.07 Å². The van der Waals surface area contributed by atoms with Crippen LogP contribution in [0.1, 0.15) is 28.9 Å². The molecule has 142 valence electrons. The van der Waals surface area contributed by atoms with Crippen LogP contribution >= 0.6 is 0 Å². The van der Waals surface area contributed by atoms with Gasteiger partial charge in [-0.05, 0) is 42.8 Å². The molecule has 1 aliphatic rings. The first-order valence-electron chi connectivity index (χ1n) is 8.28. The molecule has 2 aromatic rings. The minimum absolute atomic E-state index is 0.118. The van der Waals surface area contributed by atoms with Gasteiger partial charge in [-0.3, -0.25) is 9.59 Å². The van der Waals surface area contributed by atoms with E-state index >= 15 is 0 Å². The maximum atomic E-state index is 13.8. The van der Waals surface area contributed by atoms with Crippen molar-refractivity contribution < 1.29 is 28.2 Å². The van der Waals surface area contributed by atoms with Crippen molar-refractivity contribution in [1.29, 1.82) is 0 Å². The molecule has 2 amide bonds. The average molecular weight is 374 g/mol. The number of halogens is 1. The second-order valence-electron chi connectivity index (χ2n) is 5.93. The number of rotatable bonds is 6. The molecule has 0 bridgehead atoms. The number of carbonyl (C=O) groups excluding carboxylic acids is 2. The highest BCUT2D eigenvalue weighted by Crippen LogP contribution is 2.32. The molecule has 0 radical (unpaired) electrons. The second-order valence-corrected chi connectivity index (χ2v) is 5.93. The van der Waals surface area contributed by atoms with Gasteiger partial charge < -0.3 is 24.8 Å². The second kappa shape index (κ2) is 7.94. The Kier molecular flexibility index (Phi) is 5.44. The highest BCUT2D eigenvalue weighted by Gasteiger charge is 2.17. The number of benzene rings is 2. The van der Waals surface area contributed by atoms with E-state index in [0.717, 1.165) is 0 Å². The lowest BCUT2D eigenvalue weighted by atomic mass is 10.1. The third-order valence-electron chi connectivity index (χ3n) is 4.10. The third-order valence-corrected chi connectivity index (χ3v) is 4.10. The molecule has 8 heteroatoms. The molecule has 0 saturated heterocycles. The maximum Gasteiger partial charge on any atom is 0.251 e. The highest BCUT2D eigenvalue weighted by molar-refractivity contribution is 5.97. The Morgan fingerprint density at radius 2 is 1.96 bits per heavy atom. The Morgan fingerprint density at radius 1 is 1.19 bits per heavy atom. The fourth-order valence-electron chi connectivity index (χ4n) is 2.63. The van der Waals surface area contributed by atoms with Crippen LogP contribution < -0.4 is 24.8 Å². The Hall–Kier alpha value is -3.29. The summed E-state index contributed by atoms with van der Waals surface area (Å²) in [4.78, 5) is 24.2. The van der Waals surface area contributed by atoms with E-state index in [1.807, 2.05) is 0 Å². The molecule has 27 heavy (non-hydrogen) atoms. The third kappa shape index (κ3) is 4.28. The number of fused-ring (bicyclic) bond motifs is 1. The van der Waals surface area contributed by atoms with Crippen molar-refractivity contribution in [3.63, 3.8) is 0 Å². The smallest absolute Gasteiger partial charge is 0.251 e. The predicted molar refractivity (Wildman–Crippen MR) is 94.4 cm³/mol. The molecule has 1 heterocycles. The topological polar surface area (TPSA) is 85.9 Å². The van der Waals surface area contributed by atoms with Crippen molar-refractivity contribution in [3.8, 4) is 17.2 Å². The molecular formula is C19H19FN2O5. The minimum Gasteiger partial charge on any atom is -0.494 e. The summed E-state index contributed by atoms with van der Waals surface area (Å²) < 4.78 is 29.0. The molecule has 0 unspecified atom stereocenters. The summed E-state index contributed by atoms with van der Waals surface area (Å²) in [6.45, 7) is 1.63. The molecule has 7 nitrogen and oxygen atoms in total. The van der Waals surface area contributed by atoms with Gasteiger partial charge >= 0.3 is 0 Å². The van der Waals surface area contributed by atoms with Gasteiger partial charge in [0.25, 0.3) is 5.91 Å². The fraction of sp³-hybridized carbons (Fsp3) is 0.263. The molecule has 2 aromatic carbocycles. The summed E-state index contributed by atoms with van der Waals surface area (Å²) in [5.74, 6) is -0.119. The largest absolute Gasteiger partial charge is 0.494 e. The van der Waals surface area contributed by atoms with E-state index < -0.39 is 23.7 Å². The zero-order chi connectivity index (χ0) is 19.4. The van der Waals surface area contributed by atoms with E-state index in [1.165, 1.54) is 19.2 Å². The first-order chi connectivity index (χ1) is 13.0. The lowest BCUT2D eigenvalue weighted by Gasteiger charge is -2.15. The minimum atomic E-state index is -0.507. The first kappa shape index (κ1) is 18.5. The maximum absolute atomic E-state index is 13.8. The summed E-state index contributed by atoms with van der Waals surface area (Å²) in [6.07, 6.45) is 0. The van der Waals surface area contributed by atoms with Gasteiger partial charge in [0.1, 0.15) is 0 Å². The SMILES string of the molecule is COc1ccc([C@@H](C)NC(=O)CNC(=O)c2ccc3c(c2)OCO3)cc1F. The summed E-state index contributed by atoms with van der Waals surface area (Å²) in [5, 5.41) is 5.24. The highest BCUT2D eigenvalue weighted by atomic mass is 19.1. The lowest BCUT2D eigenvalue weighted by molar-refractivity contribution is -0.120. The average Bonchev–Trinajstić information content (AvgIpc) is 3.13. The van der Waals surface area contributed by atoms with Crippen LogP contribution in [0.4, 0.5) is 4.39 Å². The summed E-state index contributed by atoms with van der Waals surface area (Å²) in [7, 11) is 1.38. The van der Waals surface area contributed by atoms with E-state index in [0.29, 0.717) is 22.6 Å². The standard InChI is InChI=1S/C19H19FN2O5/c1-11(12-3-5-15(25-2)14(20)7-12)22-18(23)9-21-19(24)13-4-6-16-17(8-13)27-10-26-16/h3-8,11H,9-10H2,1-2H3,(H,21,24)(H,22,23)/t11-/m1/s1. The van der Waals surface area contributed by atoms with E-state index in [1.54, 1.807) is 31.2 Å². The Labute approximate surface area is 155 Å². The Balaban J connectivity index is 1.53. The van der Waals surface area contributed by atoms with Crippen molar-refractivity contribution in [2.24, 2.45) is 0 Å². The number of methoxy groups -OCH3 is 1. The van der Waals surface area contributed by atoms with Crippen LogP contribution in [0.25, 0.3) is 0 Å². The van der Waals surface area contributed by atoms with Crippen LogP contribution in [0.3, 0.4) is 0 Å². The predicted octanol–water partition coefficient (Wildman–Crippen LogP) is 2.17. The van der Waals surface area contributed by atoms with Crippen molar-refractivity contribution in [2.45, 2.75) is 13.0 Å². The molecular weight excluding hydrogens is 355 g/mol. The van der Waals surface area contributed by atoms with E-state index in [4.69, 9.17) is 14.2 Å². The zero-order valence-corrected chi connectivity index (χ0v) is 14.9. The molecule has 0 aliphatic carbocycles. The molecule has 2 N–H and O–H groups in total. The summed E-state index contributed by atoms with van der Waals surface area (Å²) in [5.41, 5.74) is 0.945. The van der Waals surface area contributed by atoms with Gasteiger partial charge in [-0.15, -0.1) is 0 Å². The quantitative estimate of drug-likeness (QED) is 0.809. The van der Waals surface area contributed by atoms with E-state index in [2.05, 4.69) is 10.6 Å². The zero-order valence-electron chi connectivity index (χ0n) is 14.9. The number of amides is 2. The molecule has 1 aliphatic heterocycles. The number of hydrogen-bond acceptors (Lipinski definition) is 5. The van der Waals surface area contributed by atoms with Crippen LogP contribution in [-0.2, 0) is 4.79 Å². The number of nitrogens with one attached hydrogen (secondary N) is 2. The lowest BCUT2D eigenvalue weighted by Crippen LogP contribution is -2.38. The number of ether oxygens (including phenoxy) is 3. The molecule has 0 aromatic heterocycles. The van der Waals surface area contributed by atoms with Gasteiger partial charge in [0.05, 0.1) is 19.7 Å². The van der Waals surface area contributed by atoms with Crippen molar-refractivity contribution in [1.82, 2.24) is 10.6 Å². The van der Waals surface area contributed by atoms with Gasteiger partial charge in [-0.25, -0.2) is 4.39 Å². The van der Waals surface area contributed by atoms with Gasteiger partial charge in [0, 0.05) is 5.56 Å². The molecule has 0 fully saturated rings. The summed E-state index contributed by atoms with van der Waals surface area (Å²) in [6, 6.07) is 8.81. The summed E-state index contributed by atoms with van der Waals surface area (Å²) >= 11 is 0. The van der Waals surface area contributed by atoms with Crippen LogP contribution in [0, 0.1) is 5.82 Å². The molecule has 1 atom stereocenters. The van der Waals surface area contributed by atoms with E-state index in [9.17, 15) is 14.0 Å². The molecule has 0 spiro atoms. The normalized spacial score (nSPS) is 13.0. The first-order valence-corrected chi connectivity index (χ1v) is 8.28. The van der Waals surface area contributed by atoms with Gasteiger partial charge in [-0.2, -0.15) is 0 Å². The van der Waals surface area contributed by atoms with Crippen molar-refractivity contribution in [2.75, 3.05) is 20.4 Å². The molecule has 0 saturated carbocycles. The van der Waals surface area contributed by atoms with Gasteiger partial charge in [0.15, 0.2) is 23.1 Å². The van der Waals surface area contributed by atoms with E-state index in [-0.39, 0.29) is 19.1 Å². The van der Waals surface area contributed by atoms with Crippen LogP contribution in [0.5, 0.6) is 17.2 Å². The van der Waals surface area contributed by atoms with Crippen molar-refractivity contribution >= 4 is 11.8 Å².